The molecule has 2 heterocycles. The molecule has 0 bridgehead atoms. The van der Waals surface area contributed by atoms with Crippen LogP contribution in [0.5, 0.6) is 0 Å². The summed E-state index contributed by atoms with van der Waals surface area (Å²) in [6.07, 6.45) is 0.473. The van der Waals surface area contributed by atoms with Crippen LogP contribution in [0.4, 0.5) is 0 Å². The molecule has 0 amide bonds. The predicted octanol–water partition coefficient (Wildman–Crippen LogP) is -0.00668. The monoisotopic (exact) mass is 281 g/mol. The van der Waals surface area contributed by atoms with Crippen molar-refractivity contribution in [1.29, 1.82) is 0 Å². The second-order valence-electron chi connectivity index (χ2n) is 3.99. The highest BCUT2D eigenvalue weighted by Crippen LogP contribution is 2.10. The Labute approximate surface area is 114 Å². The van der Waals surface area contributed by atoms with Crippen LogP contribution >= 0.6 is 0 Å². The molecule has 0 saturated carbocycles. The van der Waals surface area contributed by atoms with Gasteiger partial charge in [0.2, 0.25) is 11.8 Å². The van der Waals surface area contributed by atoms with Crippen molar-refractivity contribution in [3.05, 3.63) is 23.2 Å². The molecule has 2 rings (SSSR count). The Kier molecular flexibility index (Phi) is 4.41. The lowest BCUT2D eigenvalue weighted by Crippen LogP contribution is -2.12. The molecular formula is C11H15N5O4. The van der Waals surface area contributed by atoms with Gasteiger partial charge in [-0.1, -0.05) is 5.21 Å². The quantitative estimate of drug-likeness (QED) is 0.681. The molecule has 108 valence electrons. The third-order valence-electron chi connectivity index (χ3n) is 2.61. The van der Waals surface area contributed by atoms with Gasteiger partial charge in [-0.25, -0.2) is 9.48 Å². The number of aryl methyl sites for hydroxylation is 1. The number of carbonyl (C=O) groups excluding carboxylic acids is 1. The van der Waals surface area contributed by atoms with Crippen molar-refractivity contribution in [2.24, 2.45) is 0 Å². The Morgan fingerprint density at radius 3 is 2.70 bits per heavy atom. The summed E-state index contributed by atoms with van der Waals surface area (Å²) in [7, 11) is 2.87. The molecule has 0 spiro atoms. The van der Waals surface area contributed by atoms with Gasteiger partial charge in [-0.05, 0) is 0 Å². The SMILES string of the molecule is COCCc1c(C(=O)OC)nnn1Cc1nnc(C)o1. The summed E-state index contributed by atoms with van der Waals surface area (Å²) in [5, 5.41) is 15.4. The molecule has 2 aromatic heterocycles. The van der Waals surface area contributed by atoms with E-state index in [9.17, 15) is 4.79 Å². The number of esters is 1. The van der Waals surface area contributed by atoms with Crippen LogP contribution < -0.4 is 0 Å². The Hall–Kier alpha value is -2.29. The molecule has 20 heavy (non-hydrogen) atoms. The Morgan fingerprint density at radius 2 is 2.10 bits per heavy atom. The summed E-state index contributed by atoms with van der Waals surface area (Å²) in [5.74, 6) is 0.318. The van der Waals surface area contributed by atoms with Crippen molar-refractivity contribution in [3.8, 4) is 0 Å². The molecule has 0 N–H and O–H groups in total. The van der Waals surface area contributed by atoms with Crippen LogP contribution in [0.3, 0.4) is 0 Å². The summed E-state index contributed by atoms with van der Waals surface area (Å²) in [6.45, 7) is 2.37. The molecule has 0 unspecified atom stereocenters. The first kappa shape index (κ1) is 14.1. The first-order valence-corrected chi connectivity index (χ1v) is 5.94. The summed E-state index contributed by atoms with van der Waals surface area (Å²) in [5.41, 5.74) is 0.773. The zero-order valence-electron chi connectivity index (χ0n) is 11.5. The highest BCUT2D eigenvalue weighted by atomic mass is 16.5. The molecule has 0 aromatic carbocycles. The third-order valence-corrected chi connectivity index (χ3v) is 2.61. The lowest BCUT2D eigenvalue weighted by molar-refractivity contribution is 0.0592. The van der Waals surface area contributed by atoms with Crippen LogP contribution in [0.1, 0.15) is 28.0 Å². The zero-order valence-corrected chi connectivity index (χ0v) is 11.5. The van der Waals surface area contributed by atoms with Crippen LogP contribution in [0.2, 0.25) is 0 Å². The molecule has 0 aliphatic carbocycles. The highest BCUT2D eigenvalue weighted by molar-refractivity contribution is 5.88. The van der Waals surface area contributed by atoms with Crippen LogP contribution in [0, 0.1) is 6.92 Å². The normalized spacial score (nSPS) is 10.8. The molecule has 0 aliphatic rings. The lowest BCUT2D eigenvalue weighted by atomic mass is 10.2. The van der Waals surface area contributed by atoms with E-state index in [2.05, 4.69) is 25.2 Å². The van der Waals surface area contributed by atoms with Crippen molar-refractivity contribution in [3.63, 3.8) is 0 Å². The zero-order chi connectivity index (χ0) is 14.5. The van der Waals surface area contributed by atoms with Gasteiger partial charge in [-0.15, -0.1) is 15.3 Å². The second-order valence-corrected chi connectivity index (χ2v) is 3.99. The van der Waals surface area contributed by atoms with Crippen molar-refractivity contribution in [2.45, 2.75) is 19.9 Å². The maximum absolute atomic E-state index is 11.6. The van der Waals surface area contributed by atoms with Gasteiger partial charge in [0, 0.05) is 20.5 Å². The standard InChI is InChI=1S/C11H15N5O4/c1-7-12-13-9(20-7)6-16-8(4-5-18-2)10(14-15-16)11(17)19-3/h4-6H2,1-3H3. The highest BCUT2D eigenvalue weighted by Gasteiger charge is 2.21. The average Bonchev–Trinajstić information content (AvgIpc) is 3.03. The molecule has 0 fully saturated rings. The van der Waals surface area contributed by atoms with Gasteiger partial charge in [0.1, 0.15) is 6.54 Å². The van der Waals surface area contributed by atoms with Gasteiger partial charge in [0.25, 0.3) is 0 Å². The summed E-state index contributed by atoms with van der Waals surface area (Å²) in [4.78, 5) is 11.6. The van der Waals surface area contributed by atoms with E-state index in [1.807, 2.05) is 0 Å². The van der Waals surface area contributed by atoms with Crippen molar-refractivity contribution in [2.75, 3.05) is 20.8 Å². The molecule has 0 atom stereocenters. The first-order chi connectivity index (χ1) is 9.65. The number of hydrogen-bond donors (Lipinski definition) is 0. The molecule has 9 nitrogen and oxygen atoms in total. The number of hydrogen-bond acceptors (Lipinski definition) is 8. The number of nitrogens with zero attached hydrogens (tertiary/aromatic N) is 5. The van der Waals surface area contributed by atoms with Gasteiger partial charge in [-0.3, -0.25) is 0 Å². The first-order valence-electron chi connectivity index (χ1n) is 5.94. The van der Waals surface area contributed by atoms with Crippen LogP contribution in [0.15, 0.2) is 4.42 Å². The van der Waals surface area contributed by atoms with Gasteiger partial charge >= 0.3 is 5.97 Å². The number of carbonyl (C=O) groups is 1. The molecular weight excluding hydrogens is 266 g/mol. The van der Waals surface area contributed by atoms with Crippen molar-refractivity contribution >= 4 is 5.97 Å². The van der Waals surface area contributed by atoms with Gasteiger partial charge in [-0.2, -0.15) is 0 Å². The fourth-order valence-corrected chi connectivity index (χ4v) is 1.69. The summed E-state index contributed by atoms with van der Waals surface area (Å²) < 4.78 is 16.5. The summed E-state index contributed by atoms with van der Waals surface area (Å²) in [6, 6.07) is 0. The van der Waals surface area contributed by atoms with Crippen molar-refractivity contribution < 1.29 is 18.7 Å². The fraction of sp³-hybridized carbons (Fsp3) is 0.545. The Bertz CT molecular complexity index is 591. The van der Waals surface area contributed by atoms with Crippen LogP contribution in [-0.2, 0) is 22.4 Å². The van der Waals surface area contributed by atoms with E-state index < -0.39 is 5.97 Å². The Morgan fingerprint density at radius 1 is 1.30 bits per heavy atom. The smallest absolute Gasteiger partial charge is 0.360 e. The number of methoxy groups -OCH3 is 2. The van der Waals surface area contributed by atoms with E-state index in [1.165, 1.54) is 11.8 Å². The number of aromatic nitrogens is 5. The van der Waals surface area contributed by atoms with E-state index in [-0.39, 0.29) is 12.2 Å². The van der Waals surface area contributed by atoms with E-state index >= 15 is 0 Å². The van der Waals surface area contributed by atoms with E-state index in [0.717, 1.165) is 0 Å². The minimum atomic E-state index is -0.538. The fourth-order valence-electron chi connectivity index (χ4n) is 1.69. The maximum Gasteiger partial charge on any atom is 0.360 e. The molecule has 2 aromatic rings. The molecule has 0 aliphatic heterocycles. The third kappa shape index (κ3) is 2.99. The lowest BCUT2D eigenvalue weighted by Gasteiger charge is -2.05. The molecule has 9 heteroatoms. The predicted molar refractivity (Wildman–Crippen MR) is 65.1 cm³/mol. The topological polar surface area (TPSA) is 105 Å². The van der Waals surface area contributed by atoms with E-state index in [0.29, 0.717) is 30.5 Å². The molecule has 0 radical (unpaired) electrons. The largest absolute Gasteiger partial charge is 0.464 e. The van der Waals surface area contributed by atoms with Crippen LogP contribution in [0.25, 0.3) is 0 Å². The average molecular weight is 281 g/mol. The van der Waals surface area contributed by atoms with Gasteiger partial charge < -0.3 is 13.9 Å². The van der Waals surface area contributed by atoms with E-state index in [1.54, 1.807) is 14.0 Å². The maximum atomic E-state index is 11.6. The summed E-state index contributed by atoms with van der Waals surface area (Å²) >= 11 is 0. The van der Waals surface area contributed by atoms with E-state index in [4.69, 9.17) is 9.15 Å². The minimum absolute atomic E-state index is 0.167. The minimum Gasteiger partial charge on any atom is -0.464 e. The number of rotatable bonds is 6. The van der Waals surface area contributed by atoms with Gasteiger partial charge in [0.15, 0.2) is 5.69 Å². The Balaban J connectivity index is 2.27. The molecule has 0 saturated heterocycles. The van der Waals surface area contributed by atoms with Crippen LogP contribution in [-0.4, -0.2) is 52.0 Å². The van der Waals surface area contributed by atoms with Gasteiger partial charge in [0.05, 0.1) is 19.4 Å². The number of ether oxygens (including phenoxy) is 2. The second kappa shape index (κ2) is 6.24. The van der Waals surface area contributed by atoms with Crippen molar-refractivity contribution in [1.82, 2.24) is 25.2 Å².